The summed E-state index contributed by atoms with van der Waals surface area (Å²) in [6.45, 7) is 17.0. The first-order chi connectivity index (χ1) is 21.8. The molecule has 4 heterocycles. The van der Waals surface area contributed by atoms with Crippen LogP contribution >= 0.6 is 0 Å². The molecule has 4 fully saturated rings. The van der Waals surface area contributed by atoms with Gasteiger partial charge in [0.15, 0.2) is 5.82 Å². The number of amides is 2. The van der Waals surface area contributed by atoms with E-state index in [0.717, 1.165) is 64.8 Å². The second-order valence-corrected chi connectivity index (χ2v) is 15.6. The van der Waals surface area contributed by atoms with Crippen LogP contribution in [0.25, 0.3) is 0 Å². The molecule has 46 heavy (non-hydrogen) atoms. The molecule has 250 valence electrons. The number of nitrogens with zero attached hydrogens (tertiary/aromatic N) is 6. The first kappa shape index (κ1) is 32.6. The zero-order valence-corrected chi connectivity index (χ0v) is 28.3. The summed E-state index contributed by atoms with van der Waals surface area (Å²) in [4.78, 5) is 37.0. The summed E-state index contributed by atoms with van der Waals surface area (Å²) >= 11 is 0. The minimum absolute atomic E-state index is 0.0210. The van der Waals surface area contributed by atoms with E-state index < -0.39 is 5.82 Å². The maximum Gasteiger partial charge on any atom is 0.282 e. The predicted molar refractivity (Wildman–Crippen MR) is 174 cm³/mol. The number of rotatable bonds is 8. The van der Waals surface area contributed by atoms with Gasteiger partial charge < -0.3 is 24.8 Å². The largest absolute Gasteiger partial charge is 0.434 e. The molecule has 2 amide bonds. The molecule has 2 spiro atoms. The second-order valence-electron chi connectivity index (χ2n) is 15.6. The fourth-order valence-electron chi connectivity index (χ4n) is 8.51. The Balaban J connectivity index is 1.04. The number of carbonyl (C=O) groups is 2. The van der Waals surface area contributed by atoms with Crippen molar-refractivity contribution in [3.63, 3.8) is 0 Å². The summed E-state index contributed by atoms with van der Waals surface area (Å²) in [5, 5.41) is 11.6. The summed E-state index contributed by atoms with van der Waals surface area (Å²) < 4.78 is 20.5. The molecular weight excluding hydrogens is 585 g/mol. The van der Waals surface area contributed by atoms with E-state index in [4.69, 9.17) is 4.74 Å². The van der Waals surface area contributed by atoms with Gasteiger partial charge in [-0.05, 0) is 110 Å². The number of aromatic nitrogens is 3. The van der Waals surface area contributed by atoms with E-state index in [1.165, 1.54) is 37.4 Å². The van der Waals surface area contributed by atoms with E-state index in [1.807, 2.05) is 27.7 Å². The van der Waals surface area contributed by atoms with Gasteiger partial charge in [-0.2, -0.15) is 0 Å². The van der Waals surface area contributed by atoms with Crippen molar-refractivity contribution in [3.05, 3.63) is 35.9 Å². The number of halogens is 1. The van der Waals surface area contributed by atoms with Crippen molar-refractivity contribution in [2.75, 3.05) is 37.6 Å². The van der Waals surface area contributed by atoms with Crippen LogP contribution in [0.3, 0.4) is 0 Å². The van der Waals surface area contributed by atoms with Crippen molar-refractivity contribution in [1.82, 2.24) is 30.3 Å². The summed E-state index contributed by atoms with van der Waals surface area (Å²) in [5.41, 5.74) is 0.163. The summed E-state index contributed by atoms with van der Waals surface area (Å²) in [5.74, 6) is 1.15. The molecule has 10 nitrogen and oxygen atoms in total. The van der Waals surface area contributed by atoms with Gasteiger partial charge >= 0.3 is 0 Å². The predicted octanol–water partition coefficient (Wildman–Crippen LogP) is 5.44. The second kappa shape index (κ2) is 12.4. The Kier molecular flexibility index (Phi) is 8.76. The Bertz CT molecular complexity index is 1430. The van der Waals surface area contributed by atoms with E-state index in [9.17, 15) is 14.0 Å². The van der Waals surface area contributed by atoms with Crippen molar-refractivity contribution in [3.8, 4) is 11.6 Å². The lowest BCUT2D eigenvalue weighted by molar-refractivity contribution is -0.126. The van der Waals surface area contributed by atoms with Crippen LogP contribution in [0.5, 0.6) is 11.6 Å². The first-order valence-corrected chi connectivity index (χ1v) is 17.1. The van der Waals surface area contributed by atoms with Gasteiger partial charge in [-0.15, -0.1) is 10.2 Å². The molecule has 1 saturated carbocycles. The Morgan fingerprint density at radius 2 is 1.76 bits per heavy atom. The molecule has 0 bridgehead atoms. The lowest BCUT2D eigenvalue weighted by Crippen LogP contribution is -2.61. The third-order valence-electron chi connectivity index (χ3n) is 10.9. The number of nitrogens with one attached hydrogen (secondary N) is 1. The van der Waals surface area contributed by atoms with Gasteiger partial charge in [0.2, 0.25) is 5.91 Å². The lowest BCUT2D eigenvalue weighted by Gasteiger charge is -2.54. The molecule has 6 rings (SSSR count). The number of anilines is 1. The highest BCUT2D eigenvalue weighted by molar-refractivity contribution is 5.97. The van der Waals surface area contributed by atoms with Crippen LogP contribution in [-0.2, 0) is 4.79 Å². The van der Waals surface area contributed by atoms with Crippen molar-refractivity contribution < 1.29 is 18.7 Å². The van der Waals surface area contributed by atoms with Gasteiger partial charge in [-0.3, -0.25) is 9.59 Å². The quantitative estimate of drug-likeness (QED) is 0.409. The smallest absolute Gasteiger partial charge is 0.282 e. The van der Waals surface area contributed by atoms with Crippen molar-refractivity contribution in [2.24, 2.45) is 16.7 Å². The van der Waals surface area contributed by atoms with Crippen molar-refractivity contribution >= 4 is 17.6 Å². The summed E-state index contributed by atoms with van der Waals surface area (Å²) in [6, 6.07) is 3.86. The van der Waals surface area contributed by atoms with Crippen molar-refractivity contribution in [2.45, 2.75) is 104 Å². The highest BCUT2D eigenvalue weighted by Crippen LogP contribution is 2.47. The SMILES string of the molecule is CC(C)N(C(=O)c1cc(F)ccc1Oc1nncnc1N1CC2(CCN(C[C@H]3CC[C@]4(CC3)CC(C)(C)C(=O)N4)CC2)C1)C(C)C. The minimum atomic E-state index is -0.504. The molecule has 2 aromatic rings. The van der Waals surface area contributed by atoms with Crippen LogP contribution in [0, 0.1) is 22.6 Å². The van der Waals surface area contributed by atoms with E-state index in [0.29, 0.717) is 11.7 Å². The first-order valence-electron chi connectivity index (χ1n) is 17.1. The Morgan fingerprint density at radius 3 is 2.37 bits per heavy atom. The van der Waals surface area contributed by atoms with Gasteiger partial charge in [0.25, 0.3) is 11.8 Å². The van der Waals surface area contributed by atoms with Crippen molar-refractivity contribution in [1.29, 1.82) is 0 Å². The number of hydrogen-bond donors (Lipinski definition) is 1. The van der Waals surface area contributed by atoms with E-state index >= 15 is 0 Å². The van der Waals surface area contributed by atoms with Gasteiger partial charge in [-0.1, -0.05) is 13.8 Å². The third-order valence-corrected chi connectivity index (χ3v) is 10.9. The molecular formula is C35H50FN7O3. The fraction of sp³-hybridized carbons (Fsp3) is 0.686. The molecule has 1 aromatic heterocycles. The molecule has 0 radical (unpaired) electrons. The molecule has 1 N–H and O–H groups in total. The topological polar surface area (TPSA) is 104 Å². The molecule has 3 saturated heterocycles. The van der Waals surface area contributed by atoms with Gasteiger partial charge in [-0.25, -0.2) is 9.37 Å². The summed E-state index contributed by atoms with van der Waals surface area (Å²) in [6.07, 6.45) is 9.20. The van der Waals surface area contributed by atoms with Crippen LogP contribution in [0.2, 0.25) is 0 Å². The van der Waals surface area contributed by atoms with E-state index in [1.54, 1.807) is 4.90 Å². The monoisotopic (exact) mass is 635 g/mol. The number of carbonyl (C=O) groups excluding carboxylic acids is 2. The fourth-order valence-corrected chi connectivity index (χ4v) is 8.51. The molecule has 1 aromatic carbocycles. The third kappa shape index (κ3) is 6.44. The Hall–Kier alpha value is -3.34. The average molecular weight is 636 g/mol. The van der Waals surface area contributed by atoms with Crippen LogP contribution in [0.1, 0.15) is 96.8 Å². The minimum Gasteiger partial charge on any atom is -0.434 e. The highest BCUT2D eigenvalue weighted by Gasteiger charge is 2.50. The molecule has 1 aliphatic carbocycles. The Labute approximate surface area is 272 Å². The van der Waals surface area contributed by atoms with E-state index in [-0.39, 0.29) is 57.5 Å². The van der Waals surface area contributed by atoms with Crippen LogP contribution < -0.4 is 15.0 Å². The van der Waals surface area contributed by atoms with Gasteiger partial charge in [0.1, 0.15) is 17.9 Å². The van der Waals surface area contributed by atoms with Gasteiger partial charge in [0, 0.05) is 48.1 Å². The standard InChI is InChI=1S/C35H50FN7O3/c1-23(2)43(24(3)4)31(44)27-17-26(36)7-8-28(27)46-30-29(37-22-38-40-30)42-20-34(21-42)13-15-41(16-14-34)18-25-9-11-35(12-10-25)19-33(5,6)32(45)39-35/h7-8,17,22-25H,9-16,18-21H2,1-6H3,(H,39,45)/t25-,35-. The summed E-state index contributed by atoms with van der Waals surface area (Å²) in [7, 11) is 0. The number of ether oxygens (including phenoxy) is 1. The number of benzene rings is 1. The van der Waals surface area contributed by atoms with E-state index in [2.05, 4.69) is 44.1 Å². The zero-order valence-electron chi connectivity index (χ0n) is 28.3. The number of likely N-dealkylation sites (tertiary alicyclic amines) is 1. The van der Waals surface area contributed by atoms with Crippen LogP contribution in [0.4, 0.5) is 10.2 Å². The van der Waals surface area contributed by atoms with Crippen LogP contribution in [-0.4, -0.2) is 87.1 Å². The number of hydrogen-bond acceptors (Lipinski definition) is 8. The van der Waals surface area contributed by atoms with Gasteiger partial charge in [0.05, 0.1) is 5.56 Å². The normalized spacial score (nSPS) is 25.6. The Morgan fingerprint density at radius 1 is 1.09 bits per heavy atom. The molecule has 0 atom stereocenters. The average Bonchev–Trinajstić information content (AvgIpc) is 3.21. The lowest BCUT2D eigenvalue weighted by atomic mass is 9.70. The zero-order chi connectivity index (χ0) is 32.9. The van der Waals surface area contributed by atoms with Crippen LogP contribution in [0.15, 0.2) is 24.5 Å². The number of piperidine rings is 1. The molecule has 3 aliphatic heterocycles. The molecule has 4 aliphatic rings. The molecule has 0 unspecified atom stereocenters. The highest BCUT2D eigenvalue weighted by atomic mass is 19.1. The maximum absolute atomic E-state index is 14.4. The maximum atomic E-state index is 14.4. The molecule has 11 heteroatoms.